The minimum Gasteiger partial charge on any atom is -0.464 e. The fourth-order valence-corrected chi connectivity index (χ4v) is 6.06. The number of ether oxygens (including phenoxy) is 1. The number of methoxy groups -OCH3 is 1. The number of halogens is 1. The molecule has 194 valence electrons. The van der Waals surface area contributed by atoms with E-state index in [4.69, 9.17) is 8.92 Å². The van der Waals surface area contributed by atoms with Crippen molar-refractivity contribution in [2.75, 3.05) is 28.6 Å². The summed E-state index contributed by atoms with van der Waals surface area (Å²) in [5.74, 6) is -1.66. The summed E-state index contributed by atoms with van der Waals surface area (Å²) < 4.78 is 64.2. The monoisotopic (exact) mass is 647 g/mol. The van der Waals surface area contributed by atoms with E-state index in [1.165, 1.54) is 31.4 Å². The van der Waals surface area contributed by atoms with Crippen LogP contribution in [0, 0.1) is 6.92 Å². The van der Waals surface area contributed by atoms with Gasteiger partial charge in [0.25, 0.3) is 0 Å². The topological polar surface area (TPSA) is 133 Å². The van der Waals surface area contributed by atoms with Gasteiger partial charge in [-0.3, -0.25) is 9.29 Å². The third-order valence-electron chi connectivity index (χ3n) is 5.33. The smallest absolute Gasteiger partial charge is 0.360 e. The largest absolute Gasteiger partial charge is 0.464 e. The highest BCUT2D eigenvalue weighted by molar-refractivity contribution is 14.1. The second-order valence-corrected chi connectivity index (χ2v) is 12.6. The molecule has 0 unspecified atom stereocenters. The standard InChI is InChI=1S/C23H26IN3O7S2/c1-16-9-11-17(12-10-16)36(31,32)34-21-19-18(8-7-14-25-19)22(26-20(21)23(28)33-3)27(2)35(29,30)15-6-4-5-13-24/h7-12,14H,4-6,13,15H2,1-3H3. The second-order valence-electron chi connectivity index (χ2n) is 7.89. The molecule has 0 radical (unpaired) electrons. The number of rotatable bonds is 11. The Morgan fingerprint density at radius 1 is 1.06 bits per heavy atom. The van der Waals surface area contributed by atoms with Crippen molar-refractivity contribution in [1.82, 2.24) is 9.97 Å². The molecule has 36 heavy (non-hydrogen) atoms. The zero-order valence-corrected chi connectivity index (χ0v) is 23.8. The van der Waals surface area contributed by atoms with E-state index in [2.05, 4.69) is 32.6 Å². The quantitative estimate of drug-likeness (QED) is 0.100. The molecule has 0 saturated carbocycles. The number of hydrogen-bond donors (Lipinski definition) is 0. The van der Waals surface area contributed by atoms with Gasteiger partial charge in [-0.05, 0) is 48.5 Å². The minimum atomic E-state index is -4.39. The van der Waals surface area contributed by atoms with Gasteiger partial charge in [-0.2, -0.15) is 8.42 Å². The van der Waals surface area contributed by atoms with Crippen LogP contribution >= 0.6 is 22.6 Å². The number of alkyl halides is 1. The molecule has 0 aliphatic carbocycles. The van der Waals surface area contributed by atoms with E-state index in [0.717, 1.165) is 34.2 Å². The van der Waals surface area contributed by atoms with Crippen LogP contribution in [0.1, 0.15) is 35.3 Å². The average Bonchev–Trinajstić information content (AvgIpc) is 2.86. The molecule has 2 heterocycles. The molecule has 0 amide bonds. The van der Waals surface area contributed by atoms with E-state index < -0.39 is 37.6 Å². The van der Waals surface area contributed by atoms with Crippen LogP contribution in [0.3, 0.4) is 0 Å². The van der Waals surface area contributed by atoms with E-state index >= 15 is 0 Å². The Hall–Kier alpha value is -2.52. The van der Waals surface area contributed by atoms with E-state index in [1.54, 1.807) is 25.1 Å². The molecule has 3 rings (SSSR count). The van der Waals surface area contributed by atoms with Gasteiger partial charge in [0.05, 0.1) is 12.9 Å². The lowest BCUT2D eigenvalue weighted by Crippen LogP contribution is -2.30. The molecule has 3 aromatic rings. The number of esters is 1. The molecule has 0 saturated heterocycles. The highest BCUT2D eigenvalue weighted by Gasteiger charge is 2.30. The maximum Gasteiger partial charge on any atom is 0.360 e. The van der Waals surface area contributed by atoms with Crippen LogP contribution < -0.4 is 8.49 Å². The van der Waals surface area contributed by atoms with Crippen molar-refractivity contribution >= 4 is 65.4 Å². The second kappa shape index (κ2) is 11.7. The van der Waals surface area contributed by atoms with Crippen LogP contribution in [0.25, 0.3) is 10.9 Å². The number of aryl methyl sites for hydroxylation is 1. The molecule has 10 nitrogen and oxygen atoms in total. The van der Waals surface area contributed by atoms with E-state index in [1.807, 2.05) is 0 Å². The van der Waals surface area contributed by atoms with Gasteiger partial charge < -0.3 is 8.92 Å². The first kappa shape index (κ1) is 28.1. The van der Waals surface area contributed by atoms with E-state index in [9.17, 15) is 21.6 Å². The Labute approximate surface area is 224 Å². The zero-order valence-electron chi connectivity index (χ0n) is 20.0. The van der Waals surface area contributed by atoms with Crippen molar-refractivity contribution in [3.8, 4) is 5.75 Å². The Balaban J connectivity index is 2.15. The fourth-order valence-electron chi connectivity index (χ4n) is 3.34. The molecule has 0 bridgehead atoms. The summed E-state index contributed by atoms with van der Waals surface area (Å²) in [6.45, 7) is 1.81. The molecule has 0 atom stereocenters. The Kier molecular flexibility index (Phi) is 9.11. The van der Waals surface area contributed by atoms with Crippen molar-refractivity contribution < 1.29 is 30.6 Å². The molecule has 0 N–H and O–H groups in total. The van der Waals surface area contributed by atoms with Gasteiger partial charge in [-0.25, -0.2) is 18.2 Å². The first-order valence-corrected chi connectivity index (χ1v) is 15.5. The molecular weight excluding hydrogens is 621 g/mol. The number of pyridine rings is 2. The van der Waals surface area contributed by atoms with Crippen LogP contribution in [0.4, 0.5) is 5.82 Å². The summed E-state index contributed by atoms with van der Waals surface area (Å²) in [4.78, 5) is 20.9. The van der Waals surface area contributed by atoms with Gasteiger partial charge >= 0.3 is 16.1 Å². The molecule has 2 aromatic heterocycles. The van der Waals surface area contributed by atoms with Crippen molar-refractivity contribution in [1.29, 1.82) is 0 Å². The number of anilines is 1. The summed E-state index contributed by atoms with van der Waals surface area (Å²) in [5, 5.41) is 0.192. The normalized spacial score (nSPS) is 11.9. The first-order chi connectivity index (χ1) is 17.0. The summed E-state index contributed by atoms with van der Waals surface area (Å²) in [5.41, 5.74) is 0.285. The summed E-state index contributed by atoms with van der Waals surface area (Å²) >= 11 is 2.24. The van der Waals surface area contributed by atoms with Crippen LogP contribution in [-0.2, 0) is 24.9 Å². The highest BCUT2D eigenvalue weighted by Crippen LogP contribution is 2.36. The summed E-state index contributed by atoms with van der Waals surface area (Å²) in [6.07, 6.45) is 3.49. The lowest BCUT2D eigenvalue weighted by molar-refractivity contribution is 0.0592. The highest BCUT2D eigenvalue weighted by atomic mass is 127. The van der Waals surface area contributed by atoms with E-state index in [0.29, 0.717) is 6.42 Å². The van der Waals surface area contributed by atoms with Crippen molar-refractivity contribution in [2.24, 2.45) is 0 Å². The predicted octanol–water partition coefficient (Wildman–Crippen LogP) is 3.86. The number of carbonyl (C=O) groups is 1. The predicted molar refractivity (Wildman–Crippen MR) is 145 cm³/mol. The van der Waals surface area contributed by atoms with Crippen LogP contribution in [0.15, 0.2) is 47.5 Å². The van der Waals surface area contributed by atoms with Gasteiger partial charge in [0, 0.05) is 18.6 Å². The minimum absolute atomic E-state index is 0.0504. The molecule has 1 aromatic carbocycles. The average molecular weight is 648 g/mol. The Bertz CT molecular complexity index is 1460. The Morgan fingerprint density at radius 3 is 2.39 bits per heavy atom. The number of carbonyl (C=O) groups excluding carboxylic acids is 1. The lowest BCUT2D eigenvalue weighted by atomic mass is 10.2. The number of hydrogen-bond acceptors (Lipinski definition) is 9. The maximum absolute atomic E-state index is 13.0. The number of sulfonamides is 1. The number of benzene rings is 1. The third-order valence-corrected chi connectivity index (χ3v) is 9.14. The summed E-state index contributed by atoms with van der Waals surface area (Å²) in [7, 11) is -5.76. The first-order valence-electron chi connectivity index (χ1n) is 10.9. The van der Waals surface area contributed by atoms with Crippen LogP contribution in [-0.4, -0.2) is 57.1 Å². The van der Waals surface area contributed by atoms with Gasteiger partial charge in [0.2, 0.25) is 15.8 Å². The van der Waals surface area contributed by atoms with E-state index in [-0.39, 0.29) is 27.4 Å². The lowest BCUT2D eigenvalue weighted by Gasteiger charge is -2.22. The van der Waals surface area contributed by atoms with Crippen molar-refractivity contribution in [3.05, 3.63) is 53.9 Å². The number of fused-ring (bicyclic) bond motifs is 1. The van der Waals surface area contributed by atoms with Crippen LogP contribution in [0.5, 0.6) is 5.75 Å². The summed E-state index contributed by atoms with van der Waals surface area (Å²) in [6, 6.07) is 9.03. The van der Waals surface area contributed by atoms with Gasteiger partial charge in [0.1, 0.15) is 10.4 Å². The number of aromatic nitrogens is 2. The number of nitrogens with zero attached hydrogens (tertiary/aromatic N) is 3. The van der Waals surface area contributed by atoms with Gasteiger partial charge in [-0.1, -0.05) is 46.7 Å². The molecule has 0 aliphatic rings. The fraction of sp³-hybridized carbons (Fsp3) is 0.348. The molecule has 0 fully saturated rings. The number of unbranched alkanes of at least 4 members (excludes halogenated alkanes) is 2. The van der Waals surface area contributed by atoms with Crippen molar-refractivity contribution in [3.63, 3.8) is 0 Å². The Morgan fingerprint density at radius 2 is 1.75 bits per heavy atom. The zero-order chi connectivity index (χ0) is 26.5. The van der Waals surface area contributed by atoms with Crippen LogP contribution in [0.2, 0.25) is 0 Å². The van der Waals surface area contributed by atoms with Gasteiger partial charge in [0.15, 0.2) is 11.5 Å². The SMILES string of the molecule is COC(=O)c1nc(N(C)S(=O)(=O)CCCCCI)c2cccnc2c1OS(=O)(=O)c1ccc(C)cc1. The third kappa shape index (κ3) is 6.24. The molecular formula is C23H26IN3O7S2. The molecule has 13 heteroatoms. The molecule has 0 spiro atoms. The van der Waals surface area contributed by atoms with Gasteiger partial charge in [-0.15, -0.1) is 0 Å². The van der Waals surface area contributed by atoms with Crippen molar-refractivity contribution in [2.45, 2.75) is 31.1 Å². The molecule has 0 aliphatic heterocycles. The maximum atomic E-state index is 13.0.